The van der Waals surface area contributed by atoms with Crippen LogP contribution in [0.1, 0.15) is 40.0 Å². The van der Waals surface area contributed by atoms with E-state index in [1.54, 1.807) is 24.3 Å². The number of benzene rings is 2. The molecule has 0 aliphatic rings. The number of hydrogen-bond donors (Lipinski definition) is 5. The smallest absolute Gasteiger partial charge is 0.293 e. The first-order chi connectivity index (χ1) is 14.5. The second-order valence-electron chi connectivity index (χ2n) is 6.80. The van der Waals surface area contributed by atoms with Crippen LogP contribution in [0.15, 0.2) is 59.7 Å². The van der Waals surface area contributed by atoms with Gasteiger partial charge in [-0.05, 0) is 35.4 Å². The van der Waals surface area contributed by atoms with Crippen LogP contribution in [0.4, 0.5) is 0 Å². The van der Waals surface area contributed by atoms with Crippen molar-refractivity contribution in [3.8, 4) is 17.6 Å². The van der Waals surface area contributed by atoms with Gasteiger partial charge in [-0.15, -0.1) is 0 Å². The minimum Gasteiger partial charge on any atom is -0.502 e. The number of aromatic hydroxyl groups is 1. The molecule has 2 aromatic carbocycles. The molecule has 1 heterocycles. The van der Waals surface area contributed by atoms with Crippen molar-refractivity contribution in [3.05, 3.63) is 93.2 Å². The van der Waals surface area contributed by atoms with Gasteiger partial charge in [-0.3, -0.25) is 4.79 Å². The molecule has 2 atom stereocenters. The van der Waals surface area contributed by atoms with Crippen molar-refractivity contribution >= 4 is 0 Å². The van der Waals surface area contributed by atoms with Gasteiger partial charge in [-0.1, -0.05) is 36.1 Å². The third kappa shape index (κ3) is 5.13. The van der Waals surface area contributed by atoms with Crippen molar-refractivity contribution in [2.24, 2.45) is 0 Å². The highest BCUT2D eigenvalue weighted by atomic mass is 16.3. The van der Waals surface area contributed by atoms with Crippen molar-refractivity contribution in [2.75, 3.05) is 13.2 Å². The quantitative estimate of drug-likeness (QED) is 0.392. The summed E-state index contributed by atoms with van der Waals surface area (Å²) in [7, 11) is 0. The van der Waals surface area contributed by atoms with E-state index in [0.717, 1.165) is 16.7 Å². The molecule has 0 amide bonds. The Bertz CT molecular complexity index is 1100. The van der Waals surface area contributed by atoms with E-state index in [0.29, 0.717) is 5.56 Å². The zero-order valence-corrected chi connectivity index (χ0v) is 16.1. The molecule has 5 N–H and O–H groups in total. The van der Waals surface area contributed by atoms with Crippen LogP contribution in [0.2, 0.25) is 0 Å². The van der Waals surface area contributed by atoms with Crippen molar-refractivity contribution in [1.29, 1.82) is 0 Å². The molecule has 154 valence electrons. The number of rotatable bonds is 6. The Hall–Kier alpha value is -3.44. The van der Waals surface area contributed by atoms with Gasteiger partial charge in [0.1, 0.15) is 6.10 Å². The Labute approximate surface area is 173 Å². The molecule has 0 spiro atoms. The Kier molecular flexibility index (Phi) is 6.99. The van der Waals surface area contributed by atoms with Crippen LogP contribution in [0.3, 0.4) is 0 Å². The molecule has 3 rings (SSSR count). The summed E-state index contributed by atoms with van der Waals surface area (Å²) in [5, 5.41) is 38.2. The number of hydrogen-bond acceptors (Lipinski definition) is 6. The van der Waals surface area contributed by atoms with Gasteiger partial charge in [0.25, 0.3) is 5.56 Å². The molecule has 30 heavy (non-hydrogen) atoms. The average molecular weight is 406 g/mol. The van der Waals surface area contributed by atoms with Gasteiger partial charge in [-0.2, -0.15) is 0 Å². The number of aliphatic hydroxyl groups excluding tert-OH is 3. The lowest BCUT2D eigenvalue weighted by atomic mass is 9.94. The number of nitrogens with zero attached hydrogens (tertiary/aromatic N) is 1. The molecule has 3 aromatic rings. The van der Waals surface area contributed by atoms with Crippen LogP contribution in [0.25, 0.3) is 0 Å². The van der Waals surface area contributed by atoms with Crippen LogP contribution in [-0.4, -0.2) is 43.6 Å². The molecular formula is C23H22N2O5. The van der Waals surface area contributed by atoms with E-state index in [4.69, 9.17) is 5.11 Å². The molecule has 0 radical (unpaired) electrons. The second kappa shape index (κ2) is 9.85. The lowest BCUT2D eigenvalue weighted by Gasteiger charge is -2.14. The number of aromatic amines is 1. The lowest BCUT2D eigenvalue weighted by Crippen LogP contribution is -2.14. The predicted octanol–water partition coefficient (Wildman–Crippen LogP) is 1.22. The van der Waals surface area contributed by atoms with E-state index >= 15 is 0 Å². The summed E-state index contributed by atoms with van der Waals surface area (Å²) in [5.41, 5.74) is 2.65. The maximum absolute atomic E-state index is 11.5. The minimum absolute atomic E-state index is 0.162. The first-order valence-corrected chi connectivity index (χ1v) is 9.39. The maximum atomic E-state index is 11.5. The lowest BCUT2D eigenvalue weighted by molar-refractivity contribution is 0.0956. The summed E-state index contributed by atoms with van der Waals surface area (Å²) in [4.78, 5) is 17.8. The standard InChI is InChI=1S/C23H22N2O5/c26-12-19(11-20-22(29)23(30)25-14-24-20)17-7-3-15(4-8-17)1-2-16-5-9-18(10-6-16)21(28)13-27/h3-10,14,19,21,26-29H,11-13H2,(H,24,25,30). The van der Waals surface area contributed by atoms with Crippen LogP contribution < -0.4 is 5.56 Å². The highest BCUT2D eigenvalue weighted by Crippen LogP contribution is 2.22. The summed E-state index contributed by atoms with van der Waals surface area (Å²) in [6.07, 6.45) is 0.551. The van der Waals surface area contributed by atoms with Gasteiger partial charge in [-0.25, -0.2) is 4.98 Å². The summed E-state index contributed by atoms with van der Waals surface area (Å²) < 4.78 is 0. The first-order valence-electron chi connectivity index (χ1n) is 9.39. The zero-order chi connectivity index (χ0) is 21.5. The summed E-state index contributed by atoms with van der Waals surface area (Å²) in [6, 6.07) is 14.3. The van der Waals surface area contributed by atoms with Crippen LogP contribution in [-0.2, 0) is 6.42 Å². The zero-order valence-electron chi connectivity index (χ0n) is 16.1. The monoisotopic (exact) mass is 406 g/mol. The molecule has 7 heteroatoms. The van der Waals surface area contributed by atoms with Crippen LogP contribution >= 0.6 is 0 Å². The normalized spacial score (nSPS) is 12.6. The van der Waals surface area contributed by atoms with Gasteiger partial charge in [0, 0.05) is 23.5 Å². The second-order valence-corrected chi connectivity index (χ2v) is 6.80. The van der Waals surface area contributed by atoms with Gasteiger partial charge in [0.2, 0.25) is 5.75 Å². The Balaban J connectivity index is 1.72. The predicted molar refractivity (Wildman–Crippen MR) is 111 cm³/mol. The molecule has 0 saturated heterocycles. The largest absolute Gasteiger partial charge is 0.502 e. The van der Waals surface area contributed by atoms with Crippen LogP contribution in [0, 0.1) is 11.8 Å². The average Bonchev–Trinajstić information content (AvgIpc) is 2.79. The maximum Gasteiger partial charge on any atom is 0.293 e. The molecule has 7 nitrogen and oxygen atoms in total. The number of aliphatic hydroxyl groups is 3. The molecular weight excluding hydrogens is 384 g/mol. The third-order valence-electron chi connectivity index (χ3n) is 4.77. The van der Waals surface area contributed by atoms with Crippen molar-refractivity contribution in [2.45, 2.75) is 18.4 Å². The van der Waals surface area contributed by atoms with Gasteiger partial charge in [0.15, 0.2) is 0 Å². The SMILES string of the molecule is O=c1[nH]cnc(CC(CO)c2ccc(C#Cc3ccc(C(O)CO)cc3)cc2)c1O. The minimum atomic E-state index is -0.898. The summed E-state index contributed by atoms with van der Waals surface area (Å²) in [6.45, 7) is -0.492. The van der Waals surface area contributed by atoms with E-state index in [9.17, 15) is 20.1 Å². The fourth-order valence-corrected chi connectivity index (χ4v) is 2.98. The summed E-state index contributed by atoms with van der Waals surface area (Å²) in [5.74, 6) is 5.33. The van der Waals surface area contributed by atoms with Gasteiger partial charge in [0.05, 0.1) is 25.2 Å². The van der Waals surface area contributed by atoms with Gasteiger partial charge >= 0.3 is 0 Å². The highest BCUT2D eigenvalue weighted by Gasteiger charge is 2.16. The topological polar surface area (TPSA) is 127 Å². The van der Waals surface area contributed by atoms with Crippen LogP contribution in [0.5, 0.6) is 5.75 Å². The molecule has 2 unspecified atom stereocenters. The number of H-pyrrole nitrogens is 1. The Morgan fingerprint density at radius 3 is 2.00 bits per heavy atom. The number of aromatic nitrogens is 2. The van der Waals surface area contributed by atoms with E-state index in [1.807, 2.05) is 24.3 Å². The first kappa shape index (κ1) is 21.3. The van der Waals surface area contributed by atoms with E-state index in [1.165, 1.54) is 6.33 Å². The Morgan fingerprint density at radius 2 is 1.47 bits per heavy atom. The van der Waals surface area contributed by atoms with E-state index < -0.39 is 17.4 Å². The Morgan fingerprint density at radius 1 is 0.900 bits per heavy atom. The molecule has 0 fully saturated rings. The van der Waals surface area contributed by atoms with E-state index in [-0.39, 0.29) is 31.2 Å². The highest BCUT2D eigenvalue weighted by molar-refractivity contribution is 5.44. The number of nitrogens with one attached hydrogen (secondary N) is 1. The van der Waals surface area contributed by atoms with Crippen molar-refractivity contribution < 1.29 is 20.4 Å². The molecule has 0 aliphatic heterocycles. The van der Waals surface area contributed by atoms with Crippen molar-refractivity contribution in [1.82, 2.24) is 9.97 Å². The molecule has 1 aromatic heterocycles. The summed E-state index contributed by atoms with van der Waals surface area (Å²) >= 11 is 0. The molecule has 0 aliphatic carbocycles. The molecule has 0 bridgehead atoms. The molecule has 0 saturated carbocycles. The van der Waals surface area contributed by atoms with E-state index in [2.05, 4.69) is 21.8 Å². The van der Waals surface area contributed by atoms with Gasteiger partial charge < -0.3 is 25.4 Å². The fourth-order valence-electron chi connectivity index (χ4n) is 2.98. The fraction of sp³-hybridized carbons (Fsp3) is 0.217. The third-order valence-corrected chi connectivity index (χ3v) is 4.77. The van der Waals surface area contributed by atoms with Crippen molar-refractivity contribution in [3.63, 3.8) is 0 Å².